The number of ether oxygens (including phenoxy) is 1. The van der Waals surface area contributed by atoms with Crippen LogP contribution >= 0.6 is 45.2 Å². The summed E-state index contributed by atoms with van der Waals surface area (Å²) in [5, 5.41) is 0. The molecule has 2 unspecified atom stereocenters. The van der Waals surface area contributed by atoms with E-state index in [0.29, 0.717) is 7.85 Å². The fraction of sp³-hybridized carbons (Fsp3) is 1.00. The first-order valence-electron chi connectivity index (χ1n) is 2.98. The van der Waals surface area contributed by atoms with E-state index in [9.17, 15) is 0 Å². The van der Waals surface area contributed by atoms with Crippen LogP contribution in [0.3, 0.4) is 0 Å². The van der Waals surface area contributed by atoms with Gasteiger partial charge in [0, 0.05) is 7.85 Å². The Morgan fingerprint density at radius 1 is 1.11 bits per heavy atom. The van der Waals surface area contributed by atoms with Crippen molar-refractivity contribution in [3.05, 3.63) is 0 Å². The number of alkyl halides is 2. The lowest BCUT2D eigenvalue weighted by molar-refractivity contribution is 0.146. The van der Waals surface area contributed by atoms with Gasteiger partial charge in [-0.2, -0.15) is 0 Å². The number of halogens is 2. The molecule has 56 valence electrons. The minimum absolute atomic E-state index is 0.637. The summed E-state index contributed by atoms with van der Waals surface area (Å²) < 4.78 is 6.62. The SMILES string of the molecule is CC(I)COCC(C)I. The molecule has 0 bridgehead atoms. The molecule has 2 atom stereocenters. The Morgan fingerprint density at radius 2 is 1.44 bits per heavy atom. The van der Waals surface area contributed by atoms with Crippen LogP contribution in [0.2, 0.25) is 0 Å². The minimum Gasteiger partial charge on any atom is -0.379 e. The highest BCUT2D eigenvalue weighted by Crippen LogP contribution is 2.02. The van der Waals surface area contributed by atoms with Crippen molar-refractivity contribution < 1.29 is 4.74 Å². The van der Waals surface area contributed by atoms with Gasteiger partial charge in [-0.1, -0.05) is 59.0 Å². The average molecular weight is 354 g/mol. The molecule has 0 aromatic rings. The van der Waals surface area contributed by atoms with Crippen LogP contribution in [-0.4, -0.2) is 21.1 Å². The van der Waals surface area contributed by atoms with Gasteiger partial charge < -0.3 is 4.74 Å². The maximum atomic E-state index is 5.34. The summed E-state index contributed by atoms with van der Waals surface area (Å²) in [6.45, 7) is 6.07. The van der Waals surface area contributed by atoms with Gasteiger partial charge in [0.05, 0.1) is 13.2 Å². The molecule has 0 aliphatic heterocycles. The number of hydrogen-bond donors (Lipinski definition) is 0. The summed E-state index contributed by atoms with van der Waals surface area (Å²) in [7, 11) is 0. The fourth-order valence-corrected chi connectivity index (χ4v) is 0.901. The first kappa shape index (κ1) is 10.4. The maximum absolute atomic E-state index is 5.34. The molecule has 9 heavy (non-hydrogen) atoms. The van der Waals surface area contributed by atoms with Crippen LogP contribution in [0, 0.1) is 0 Å². The van der Waals surface area contributed by atoms with E-state index in [4.69, 9.17) is 4.74 Å². The Hall–Kier alpha value is 1.42. The zero-order valence-corrected chi connectivity index (χ0v) is 10.0. The Balaban J connectivity index is 2.91. The fourth-order valence-electron chi connectivity index (χ4n) is 0.393. The van der Waals surface area contributed by atoms with Crippen molar-refractivity contribution in [2.24, 2.45) is 0 Å². The third kappa shape index (κ3) is 9.42. The molecule has 0 spiro atoms. The summed E-state index contributed by atoms with van der Waals surface area (Å²) in [6.07, 6.45) is 0. The summed E-state index contributed by atoms with van der Waals surface area (Å²) in [4.78, 5) is 0. The minimum atomic E-state index is 0.637. The molecule has 1 nitrogen and oxygen atoms in total. The van der Waals surface area contributed by atoms with Crippen molar-refractivity contribution in [3.8, 4) is 0 Å². The smallest absolute Gasteiger partial charge is 0.0581 e. The Morgan fingerprint density at radius 3 is 1.67 bits per heavy atom. The van der Waals surface area contributed by atoms with E-state index in [-0.39, 0.29) is 0 Å². The third-order valence-electron chi connectivity index (χ3n) is 0.695. The predicted molar refractivity (Wildman–Crippen MR) is 57.8 cm³/mol. The number of rotatable bonds is 4. The Bertz CT molecular complexity index is 56.1. The van der Waals surface area contributed by atoms with Crippen LogP contribution in [0.1, 0.15) is 13.8 Å². The van der Waals surface area contributed by atoms with Gasteiger partial charge in [-0.05, 0) is 0 Å². The quantitative estimate of drug-likeness (QED) is 0.557. The van der Waals surface area contributed by atoms with Crippen molar-refractivity contribution in [1.82, 2.24) is 0 Å². The van der Waals surface area contributed by atoms with E-state index in [1.807, 2.05) is 0 Å². The second-order valence-corrected chi connectivity index (χ2v) is 6.35. The molecule has 3 heteroatoms. The van der Waals surface area contributed by atoms with Gasteiger partial charge in [-0.3, -0.25) is 0 Å². The lowest BCUT2D eigenvalue weighted by Crippen LogP contribution is -2.09. The molecule has 0 fully saturated rings. The van der Waals surface area contributed by atoms with Crippen molar-refractivity contribution in [2.45, 2.75) is 21.7 Å². The molecule has 0 amide bonds. The zero-order chi connectivity index (χ0) is 7.28. The van der Waals surface area contributed by atoms with Gasteiger partial charge in [0.1, 0.15) is 0 Å². The lowest BCUT2D eigenvalue weighted by Gasteiger charge is -2.06. The molecule has 0 aromatic carbocycles. The highest BCUT2D eigenvalue weighted by Gasteiger charge is 1.97. The maximum Gasteiger partial charge on any atom is 0.0581 e. The lowest BCUT2D eigenvalue weighted by atomic mass is 10.5. The monoisotopic (exact) mass is 354 g/mol. The van der Waals surface area contributed by atoms with Gasteiger partial charge in [0.15, 0.2) is 0 Å². The Labute approximate surface area is 84.2 Å². The van der Waals surface area contributed by atoms with Crippen LogP contribution in [-0.2, 0) is 4.74 Å². The van der Waals surface area contributed by atoms with E-state index in [1.165, 1.54) is 0 Å². The highest BCUT2D eigenvalue weighted by atomic mass is 127. The van der Waals surface area contributed by atoms with Gasteiger partial charge in [0.2, 0.25) is 0 Å². The molecule has 0 radical (unpaired) electrons. The second-order valence-electron chi connectivity index (χ2n) is 2.10. The summed E-state index contributed by atoms with van der Waals surface area (Å²) in [6, 6.07) is 0. The van der Waals surface area contributed by atoms with Crippen LogP contribution < -0.4 is 0 Å². The topological polar surface area (TPSA) is 9.23 Å². The summed E-state index contributed by atoms with van der Waals surface area (Å²) >= 11 is 4.72. The molecule has 0 saturated carbocycles. The molecule has 0 aliphatic carbocycles. The molecule has 0 N–H and O–H groups in total. The molecule has 0 aliphatic rings. The third-order valence-corrected chi connectivity index (χ3v) is 1.41. The normalized spacial score (nSPS) is 17.3. The largest absolute Gasteiger partial charge is 0.379 e. The standard InChI is InChI=1S/C6H12I2O/c1-5(7)3-9-4-6(2)8/h5-6H,3-4H2,1-2H3. The van der Waals surface area contributed by atoms with E-state index >= 15 is 0 Å². The van der Waals surface area contributed by atoms with E-state index < -0.39 is 0 Å². The average Bonchev–Trinajstić information content (AvgIpc) is 1.63. The van der Waals surface area contributed by atoms with Gasteiger partial charge >= 0.3 is 0 Å². The van der Waals surface area contributed by atoms with Gasteiger partial charge in [0.25, 0.3) is 0 Å². The number of hydrogen-bond acceptors (Lipinski definition) is 1. The van der Waals surface area contributed by atoms with E-state index in [0.717, 1.165) is 13.2 Å². The van der Waals surface area contributed by atoms with Gasteiger partial charge in [-0.15, -0.1) is 0 Å². The van der Waals surface area contributed by atoms with Crippen molar-refractivity contribution >= 4 is 45.2 Å². The molecule has 0 rings (SSSR count). The van der Waals surface area contributed by atoms with Crippen molar-refractivity contribution in [3.63, 3.8) is 0 Å². The van der Waals surface area contributed by atoms with Gasteiger partial charge in [-0.25, -0.2) is 0 Å². The molecule has 0 aromatic heterocycles. The van der Waals surface area contributed by atoms with E-state index in [1.54, 1.807) is 0 Å². The molecular formula is C6H12I2O. The van der Waals surface area contributed by atoms with Crippen LogP contribution in [0.5, 0.6) is 0 Å². The zero-order valence-electron chi connectivity index (χ0n) is 5.73. The summed E-state index contributed by atoms with van der Waals surface area (Å²) in [5.41, 5.74) is 0. The molecule has 0 heterocycles. The van der Waals surface area contributed by atoms with Crippen LogP contribution in [0.15, 0.2) is 0 Å². The first-order valence-corrected chi connectivity index (χ1v) is 5.48. The van der Waals surface area contributed by atoms with Crippen LogP contribution in [0.25, 0.3) is 0 Å². The Kier molecular flexibility index (Phi) is 7.12. The molecule has 0 saturated heterocycles. The predicted octanol–water partition coefficient (Wildman–Crippen LogP) is 2.65. The summed E-state index contributed by atoms with van der Waals surface area (Å²) in [5.74, 6) is 0. The van der Waals surface area contributed by atoms with Crippen molar-refractivity contribution in [2.75, 3.05) is 13.2 Å². The first-order chi connectivity index (χ1) is 4.13. The van der Waals surface area contributed by atoms with E-state index in [2.05, 4.69) is 59.0 Å². The highest BCUT2D eigenvalue weighted by molar-refractivity contribution is 14.1. The van der Waals surface area contributed by atoms with Crippen LogP contribution in [0.4, 0.5) is 0 Å². The molecular weight excluding hydrogens is 342 g/mol. The van der Waals surface area contributed by atoms with Crippen molar-refractivity contribution in [1.29, 1.82) is 0 Å². The second kappa shape index (κ2) is 6.15.